The van der Waals surface area contributed by atoms with Crippen molar-refractivity contribution in [3.05, 3.63) is 71.3 Å². The molecule has 0 atom stereocenters. The molecule has 0 aromatic heterocycles. The van der Waals surface area contributed by atoms with Gasteiger partial charge in [0.15, 0.2) is 5.60 Å². The maximum Gasteiger partial charge on any atom is 0.416 e. The van der Waals surface area contributed by atoms with Crippen LogP contribution in [0.15, 0.2) is 54.6 Å². The van der Waals surface area contributed by atoms with E-state index in [1.165, 1.54) is 26.0 Å². The first-order valence-electron chi connectivity index (χ1n) is 9.66. The molecule has 3 rings (SSSR count). The summed E-state index contributed by atoms with van der Waals surface area (Å²) in [5.74, 6) is -0.981. The Balaban J connectivity index is 1.69. The number of carbonyl (C=O) groups is 2. The van der Waals surface area contributed by atoms with Crippen LogP contribution in [0.3, 0.4) is 0 Å². The lowest BCUT2D eigenvalue weighted by atomic mass is 9.98. The third-order valence-electron chi connectivity index (χ3n) is 5.05. The molecule has 0 bridgehead atoms. The second-order valence-electron chi connectivity index (χ2n) is 7.75. The maximum atomic E-state index is 12.7. The maximum absolute atomic E-state index is 12.7. The molecule has 1 aliphatic rings. The molecule has 31 heavy (non-hydrogen) atoms. The van der Waals surface area contributed by atoms with Gasteiger partial charge in [-0.05, 0) is 67.8 Å². The number of carboxylic acid groups (broad SMARTS) is 1. The van der Waals surface area contributed by atoms with Gasteiger partial charge in [-0.2, -0.15) is 13.2 Å². The first-order chi connectivity index (χ1) is 14.5. The van der Waals surface area contributed by atoms with Gasteiger partial charge >= 0.3 is 12.1 Å². The molecule has 164 valence electrons. The van der Waals surface area contributed by atoms with Crippen LogP contribution in [0.5, 0.6) is 5.75 Å². The molecule has 0 aliphatic carbocycles. The Labute approximate surface area is 177 Å². The number of carboxylic acids is 1. The van der Waals surface area contributed by atoms with E-state index in [0.29, 0.717) is 25.3 Å². The molecule has 0 unspecified atom stereocenters. The van der Waals surface area contributed by atoms with E-state index in [4.69, 9.17) is 4.74 Å². The number of hydrogen-bond acceptors (Lipinski definition) is 3. The van der Waals surface area contributed by atoms with Crippen molar-refractivity contribution in [2.45, 2.75) is 32.0 Å². The summed E-state index contributed by atoms with van der Waals surface area (Å²) in [5.41, 5.74) is -0.116. The normalized spacial score (nSPS) is 14.7. The summed E-state index contributed by atoms with van der Waals surface area (Å²) in [6.45, 7) is 3.66. The van der Waals surface area contributed by atoms with Crippen molar-refractivity contribution >= 4 is 17.4 Å². The Hall–Kier alpha value is -3.29. The predicted molar refractivity (Wildman–Crippen MR) is 109 cm³/mol. The number of benzene rings is 2. The fourth-order valence-corrected chi connectivity index (χ4v) is 3.20. The highest BCUT2D eigenvalue weighted by Crippen LogP contribution is 2.30. The molecule has 2 aromatic rings. The average molecular weight is 433 g/mol. The Bertz CT molecular complexity index is 1010. The van der Waals surface area contributed by atoms with Crippen molar-refractivity contribution < 1.29 is 32.6 Å². The van der Waals surface area contributed by atoms with Gasteiger partial charge in [-0.15, -0.1) is 0 Å². The van der Waals surface area contributed by atoms with Crippen molar-refractivity contribution in [2.24, 2.45) is 0 Å². The number of amides is 1. The summed E-state index contributed by atoms with van der Waals surface area (Å²) >= 11 is 0. The fourth-order valence-electron chi connectivity index (χ4n) is 3.20. The molecule has 0 spiro atoms. The van der Waals surface area contributed by atoms with Gasteiger partial charge < -0.3 is 14.7 Å². The molecular weight excluding hydrogens is 411 g/mol. The first-order valence-corrected chi connectivity index (χ1v) is 9.66. The standard InChI is InChI=1S/C23H22F3NO4/c1-22(2,21(29)30)31-19-5-3-4-17(14-19)15-10-12-27(13-11-15)20(28)16-6-8-18(9-7-16)23(24,25)26/h3-10,14H,11-13H2,1-2H3,(H,29,30). The Morgan fingerprint density at radius 3 is 2.29 bits per heavy atom. The largest absolute Gasteiger partial charge is 0.478 e. The summed E-state index contributed by atoms with van der Waals surface area (Å²) in [6, 6.07) is 11.3. The van der Waals surface area contributed by atoms with E-state index in [1.807, 2.05) is 12.1 Å². The van der Waals surface area contributed by atoms with Gasteiger partial charge in [0.2, 0.25) is 0 Å². The molecule has 1 N–H and O–H groups in total. The molecule has 5 nitrogen and oxygen atoms in total. The number of aliphatic carboxylic acids is 1. The lowest BCUT2D eigenvalue weighted by Gasteiger charge is -2.27. The van der Waals surface area contributed by atoms with Crippen LogP contribution >= 0.6 is 0 Å². The number of carbonyl (C=O) groups excluding carboxylic acids is 1. The predicted octanol–water partition coefficient (Wildman–Crippen LogP) is 4.88. The van der Waals surface area contributed by atoms with E-state index in [0.717, 1.165) is 23.3 Å². The molecule has 2 aromatic carbocycles. The number of halogens is 3. The minimum atomic E-state index is -4.44. The molecule has 0 saturated heterocycles. The van der Waals surface area contributed by atoms with E-state index in [-0.39, 0.29) is 11.5 Å². The van der Waals surface area contributed by atoms with Crippen LogP contribution in [0.25, 0.3) is 5.57 Å². The molecule has 0 radical (unpaired) electrons. The Morgan fingerprint density at radius 1 is 1.06 bits per heavy atom. The van der Waals surface area contributed by atoms with Crippen LogP contribution < -0.4 is 4.74 Å². The van der Waals surface area contributed by atoms with Crippen LogP contribution in [-0.4, -0.2) is 40.6 Å². The summed E-state index contributed by atoms with van der Waals surface area (Å²) in [6.07, 6.45) is -2.01. The van der Waals surface area contributed by atoms with Gasteiger partial charge in [0, 0.05) is 18.7 Å². The third-order valence-corrected chi connectivity index (χ3v) is 5.05. The topological polar surface area (TPSA) is 66.8 Å². The Morgan fingerprint density at radius 2 is 1.74 bits per heavy atom. The zero-order valence-electron chi connectivity index (χ0n) is 17.1. The molecular formula is C23H22F3NO4. The lowest BCUT2D eigenvalue weighted by Crippen LogP contribution is -2.37. The van der Waals surface area contributed by atoms with Crippen LogP contribution in [0.4, 0.5) is 13.2 Å². The van der Waals surface area contributed by atoms with Gasteiger partial charge in [0.05, 0.1) is 5.56 Å². The fraction of sp³-hybridized carbons (Fsp3) is 0.304. The number of rotatable bonds is 5. The summed E-state index contributed by atoms with van der Waals surface area (Å²) in [4.78, 5) is 25.5. The monoisotopic (exact) mass is 433 g/mol. The van der Waals surface area contributed by atoms with Crippen LogP contribution in [0.1, 0.15) is 41.8 Å². The second kappa shape index (κ2) is 8.45. The van der Waals surface area contributed by atoms with E-state index in [1.54, 1.807) is 23.1 Å². The minimum Gasteiger partial charge on any atom is -0.478 e. The van der Waals surface area contributed by atoms with Crippen molar-refractivity contribution in [3.8, 4) is 5.75 Å². The van der Waals surface area contributed by atoms with E-state index in [9.17, 15) is 27.9 Å². The average Bonchev–Trinajstić information content (AvgIpc) is 2.72. The highest BCUT2D eigenvalue weighted by Gasteiger charge is 2.31. The molecule has 0 saturated carbocycles. The van der Waals surface area contributed by atoms with Crippen molar-refractivity contribution in [1.29, 1.82) is 0 Å². The quantitative estimate of drug-likeness (QED) is 0.730. The molecule has 0 fully saturated rings. The number of alkyl halides is 3. The van der Waals surface area contributed by atoms with E-state index in [2.05, 4.69) is 0 Å². The minimum absolute atomic E-state index is 0.205. The molecule has 1 amide bonds. The van der Waals surface area contributed by atoms with Crippen LogP contribution in [0, 0.1) is 0 Å². The van der Waals surface area contributed by atoms with Crippen LogP contribution in [0.2, 0.25) is 0 Å². The lowest BCUT2D eigenvalue weighted by molar-refractivity contribution is -0.152. The first kappa shape index (κ1) is 22.4. The van der Waals surface area contributed by atoms with Crippen molar-refractivity contribution in [2.75, 3.05) is 13.1 Å². The third kappa shape index (κ3) is 5.25. The second-order valence-corrected chi connectivity index (χ2v) is 7.75. The summed E-state index contributed by atoms with van der Waals surface area (Å²) < 4.78 is 43.7. The van der Waals surface area contributed by atoms with Crippen LogP contribution in [-0.2, 0) is 11.0 Å². The number of hydrogen-bond donors (Lipinski definition) is 1. The summed E-state index contributed by atoms with van der Waals surface area (Å²) in [7, 11) is 0. The van der Waals surface area contributed by atoms with Gasteiger partial charge in [-0.25, -0.2) is 4.79 Å². The highest BCUT2D eigenvalue weighted by molar-refractivity contribution is 5.94. The molecule has 1 heterocycles. The Kier molecular flexibility index (Phi) is 6.10. The van der Waals surface area contributed by atoms with Gasteiger partial charge in [-0.3, -0.25) is 4.79 Å². The molecule has 8 heteroatoms. The molecule has 1 aliphatic heterocycles. The van der Waals surface area contributed by atoms with Gasteiger partial charge in [0.1, 0.15) is 5.75 Å². The highest BCUT2D eigenvalue weighted by atomic mass is 19.4. The van der Waals surface area contributed by atoms with E-state index >= 15 is 0 Å². The van der Waals surface area contributed by atoms with E-state index < -0.39 is 23.3 Å². The van der Waals surface area contributed by atoms with Gasteiger partial charge in [0.25, 0.3) is 5.91 Å². The zero-order chi connectivity index (χ0) is 22.8. The SMILES string of the molecule is CC(C)(Oc1cccc(C2=CCN(C(=O)c3ccc(C(F)(F)F)cc3)CC2)c1)C(=O)O. The summed E-state index contributed by atoms with van der Waals surface area (Å²) in [5, 5.41) is 9.22. The van der Waals surface area contributed by atoms with Crippen molar-refractivity contribution in [1.82, 2.24) is 4.90 Å². The zero-order valence-corrected chi connectivity index (χ0v) is 17.1. The van der Waals surface area contributed by atoms with Gasteiger partial charge in [-0.1, -0.05) is 18.2 Å². The number of ether oxygens (including phenoxy) is 1. The smallest absolute Gasteiger partial charge is 0.416 e. The van der Waals surface area contributed by atoms with Crippen molar-refractivity contribution in [3.63, 3.8) is 0 Å². The number of nitrogens with zero attached hydrogens (tertiary/aromatic N) is 1.